The Labute approximate surface area is 132 Å². The van der Waals surface area contributed by atoms with Crippen LogP contribution in [0.3, 0.4) is 0 Å². The van der Waals surface area contributed by atoms with Crippen LogP contribution < -0.4 is 0 Å². The fraction of sp³-hybridized carbons (Fsp3) is 0.0909. The van der Waals surface area contributed by atoms with E-state index >= 15 is 0 Å². The van der Waals surface area contributed by atoms with Crippen molar-refractivity contribution in [2.45, 2.75) is 13.8 Å². The summed E-state index contributed by atoms with van der Waals surface area (Å²) < 4.78 is 0. The third kappa shape index (κ3) is 2.48. The maximum Gasteiger partial charge on any atom is -0.00735 e. The third-order valence-corrected chi connectivity index (χ3v) is 4.19. The first-order valence-electron chi connectivity index (χ1n) is 7.60. The molecule has 108 valence electrons. The average Bonchev–Trinajstić information content (AvgIpc) is 2.57. The first-order chi connectivity index (χ1) is 10.7. The second kappa shape index (κ2) is 6.03. The summed E-state index contributed by atoms with van der Waals surface area (Å²) in [5.74, 6) is 0. The summed E-state index contributed by atoms with van der Waals surface area (Å²) in [7, 11) is 0. The number of hydrogen-bond donors (Lipinski definition) is 0. The standard InChI is InChI=1S/C22H20/c1-4-20-16(2)15-21(18-11-7-5-8-12-18)17(3)22(20)19-13-9-6-10-14-19/h4-15H,1H2,2-3H3. The Morgan fingerprint density at radius 2 is 1.32 bits per heavy atom. The number of aryl methyl sites for hydroxylation is 1. The van der Waals surface area contributed by atoms with Gasteiger partial charge in [0.2, 0.25) is 0 Å². The van der Waals surface area contributed by atoms with Crippen molar-refractivity contribution in [2.75, 3.05) is 0 Å². The molecule has 0 bridgehead atoms. The molecule has 0 saturated carbocycles. The Bertz CT molecular complexity index is 796. The van der Waals surface area contributed by atoms with Gasteiger partial charge in [-0.15, -0.1) is 0 Å². The molecule has 0 fully saturated rings. The van der Waals surface area contributed by atoms with Crippen molar-refractivity contribution < 1.29 is 0 Å². The molecule has 0 aromatic heterocycles. The minimum Gasteiger partial charge on any atom is -0.0984 e. The number of hydrogen-bond acceptors (Lipinski definition) is 0. The molecule has 0 heteroatoms. The van der Waals surface area contributed by atoms with Crippen molar-refractivity contribution in [3.05, 3.63) is 90.0 Å². The van der Waals surface area contributed by atoms with Gasteiger partial charge in [-0.25, -0.2) is 0 Å². The van der Waals surface area contributed by atoms with Crippen molar-refractivity contribution in [3.8, 4) is 22.3 Å². The number of benzene rings is 3. The van der Waals surface area contributed by atoms with Crippen LogP contribution in [0.5, 0.6) is 0 Å². The first-order valence-corrected chi connectivity index (χ1v) is 7.60. The summed E-state index contributed by atoms with van der Waals surface area (Å²) >= 11 is 0. The Hall–Kier alpha value is -2.60. The lowest BCUT2D eigenvalue weighted by Gasteiger charge is -2.18. The van der Waals surface area contributed by atoms with Crippen molar-refractivity contribution in [3.63, 3.8) is 0 Å². The minimum atomic E-state index is 1.23. The molecule has 0 amide bonds. The highest BCUT2D eigenvalue weighted by Gasteiger charge is 2.14. The van der Waals surface area contributed by atoms with Crippen molar-refractivity contribution >= 4 is 6.08 Å². The predicted molar refractivity (Wildman–Crippen MR) is 96.9 cm³/mol. The summed E-state index contributed by atoms with van der Waals surface area (Å²) in [6.07, 6.45) is 1.97. The van der Waals surface area contributed by atoms with Gasteiger partial charge in [0.1, 0.15) is 0 Å². The van der Waals surface area contributed by atoms with Gasteiger partial charge in [-0.05, 0) is 52.8 Å². The highest BCUT2D eigenvalue weighted by atomic mass is 14.2. The van der Waals surface area contributed by atoms with Gasteiger partial charge in [0.05, 0.1) is 0 Å². The van der Waals surface area contributed by atoms with E-state index in [9.17, 15) is 0 Å². The molecule has 0 saturated heterocycles. The highest BCUT2D eigenvalue weighted by Crippen LogP contribution is 2.37. The maximum absolute atomic E-state index is 4.02. The molecule has 22 heavy (non-hydrogen) atoms. The molecule has 0 N–H and O–H groups in total. The first kappa shape index (κ1) is 14.3. The van der Waals surface area contributed by atoms with Gasteiger partial charge in [-0.2, -0.15) is 0 Å². The summed E-state index contributed by atoms with van der Waals surface area (Å²) in [4.78, 5) is 0. The molecule has 3 rings (SSSR count). The van der Waals surface area contributed by atoms with Crippen LogP contribution in [-0.4, -0.2) is 0 Å². The highest BCUT2D eigenvalue weighted by molar-refractivity contribution is 5.86. The maximum atomic E-state index is 4.02. The zero-order valence-electron chi connectivity index (χ0n) is 13.1. The largest absolute Gasteiger partial charge is 0.0984 e. The third-order valence-electron chi connectivity index (χ3n) is 4.19. The van der Waals surface area contributed by atoms with E-state index in [2.05, 4.69) is 87.2 Å². The van der Waals surface area contributed by atoms with Crippen LogP contribution in [0.15, 0.2) is 73.3 Å². The van der Waals surface area contributed by atoms with E-state index in [0.29, 0.717) is 0 Å². The fourth-order valence-corrected chi connectivity index (χ4v) is 3.09. The molecular formula is C22H20. The average molecular weight is 284 g/mol. The van der Waals surface area contributed by atoms with Gasteiger partial charge >= 0.3 is 0 Å². The molecule has 0 aliphatic heterocycles. The Morgan fingerprint density at radius 1 is 0.773 bits per heavy atom. The summed E-state index contributed by atoms with van der Waals surface area (Å²) in [5.41, 5.74) is 8.88. The second-order valence-corrected chi connectivity index (χ2v) is 5.59. The van der Waals surface area contributed by atoms with Gasteiger partial charge in [0.25, 0.3) is 0 Å². The molecule has 0 nitrogen and oxygen atoms in total. The summed E-state index contributed by atoms with van der Waals surface area (Å²) in [6.45, 7) is 8.39. The summed E-state index contributed by atoms with van der Waals surface area (Å²) in [6, 6.07) is 23.4. The quantitative estimate of drug-likeness (QED) is 0.531. The molecule has 0 spiro atoms. The normalized spacial score (nSPS) is 10.5. The zero-order chi connectivity index (χ0) is 15.5. The van der Waals surface area contributed by atoms with E-state index in [-0.39, 0.29) is 0 Å². The lowest BCUT2D eigenvalue weighted by atomic mass is 9.86. The molecule has 3 aromatic carbocycles. The van der Waals surface area contributed by atoms with Crippen molar-refractivity contribution in [1.29, 1.82) is 0 Å². The van der Waals surface area contributed by atoms with Crippen LogP contribution in [0, 0.1) is 13.8 Å². The fourth-order valence-electron chi connectivity index (χ4n) is 3.09. The molecule has 0 atom stereocenters. The van der Waals surface area contributed by atoms with Gasteiger partial charge < -0.3 is 0 Å². The Kier molecular flexibility index (Phi) is 3.93. The van der Waals surface area contributed by atoms with E-state index in [1.165, 1.54) is 38.9 Å². The molecule has 0 aliphatic rings. The van der Waals surface area contributed by atoms with Gasteiger partial charge in [-0.3, -0.25) is 0 Å². The van der Waals surface area contributed by atoms with Gasteiger partial charge in [-0.1, -0.05) is 79.4 Å². The van der Waals surface area contributed by atoms with Crippen LogP contribution in [0.4, 0.5) is 0 Å². The molecule has 3 aromatic rings. The van der Waals surface area contributed by atoms with Crippen LogP contribution in [0.25, 0.3) is 28.3 Å². The van der Waals surface area contributed by atoms with Crippen LogP contribution in [0.1, 0.15) is 16.7 Å². The van der Waals surface area contributed by atoms with E-state index in [0.717, 1.165) is 0 Å². The second-order valence-electron chi connectivity index (χ2n) is 5.59. The monoisotopic (exact) mass is 284 g/mol. The van der Waals surface area contributed by atoms with Crippen molar-refractivity contribution in [1.82, 2.24) is 0 Å². The molecular weight excluding hydrogens is 264 g/mol. The topological polar surface area (TPSA) is 0 Å². The predicted octanol–water partition coefficient (Wildman–Crippen LogP) is 6.28. The van der Waals surface area contributed by atoms with E-state index < -0.39 is 0 Å². The molecule has 0 unspecified atom stereocenters. The van der Waals surface area contributed by atoms with Gasteiger partial charge in [0.15, 0.2) is 0 Å². The number of rotatable bonds is 3. The lowest BCUT2D eigenvalue weighted by molar-refractivity contribution is 1.37. The molecule has 0 heterocycles. The Balaban J connectivity index is 2.33. The minimum absolute atomic E-state index is 1.23. The van der Waals surface area contributed by atoms with E-state index in [4.69, 9.17) is 0 Å². The SMILES string of the molecule is C=Cc1c(C)cc(-c2ccccc2)c(C)c1-c1ccccc1. The van der Waals surface area contributed by atoms with E-state index in [1.807, 2.05) is 6.08 Å². The van der Waals surface area contributed by atoms with Crippen LogP contribution in [0.2, 0.25) is 0 Å². The smallest absolute Gasteiger partial charge is 0.00735 e. The molecule has 0 aliphatic carbocycles. The lowest BCUT2D eigenvalue weighted by Crippen LogP contribution is -1.95. The van der Waals surface area contributed by atoms with Crippen molar-refractivity contribution in [2.24, 2.45) is 0 Å². The Morgan fingerprint density at radius 3 is 1.86 bits per heavy atom. The zero-order valence-corrected chi connectivity index (χ0v) is 13.1. The van der Waals surface area contributed by atoms with Crippen LogP contribution in [-0.2, 0) is 0 Å². The van der Waals surface area contributed by atoms with E-state index in [1.54, 1.807) is 0 Å². The van der Waals surface area contributed by atoms with Crippen LogP contribution >= 0.6 is 0 Å². The molecule has 0 radical (unpaired) electrons. The summed E-state index contributed by atoms with van der Waals surface area (Å²) in [5, 5.41) is 0. The van der Waals surface area contributed by atoms with Gasteiger partial charge in [0, 0.05) is 0 Å².